The Morgan fingerprint density at radius 2 is 1.81 bits per heavy atom. The minimum Gasteiger partial charge on any atom is -0.493 e. The smallest absolute Gasteiger partial charge is 0.260 e. The molecule has 6 nitrogen and oxygen atoms in total. The van der Waals surface area contributed by atoms with Gasteiger partial charge in [0.15, 0.2) is 16.6 Å². The Kier molecular flexibility index (Phi) is 5.86. The molecule has 2 aromatic heterocycles. The molecule has 0 aliphatic heterocycles. The second kappa shape index (κ2) is 8.73. The van der Waals surface area contributed by atoms with Gasteiger partial charge in [-0.15, -0.1) is 0 Å². The van der Waals surface area contributed by atoms with Crippen LogP contribution in [0.2, 0.25) is 0 Å². The summed E-state index contributed by atoms with van der Waals surface area (Å²) < 4.78 is 11.7. The summed E-state index contributed by atoms with van der Waals surface area (Å²) in [6, 6.07) is 13.3. The number of hydrogen-bond acceptors (Lipinski definition) is 6. The Labute approximate surface area is 185 Å². The second-order valence-corrected chi connectivity index (χ2v) is 8.23. The van der Waals surface area contributed by atoms with E-state index in [1.54, 1.807) is 31.5 Å². The molecule has 0 atom stereocenters. The van der Waals surface area contributed by atoms with Crippen LogP contribution in [0.4, 0.5) is 5.13 Å². The van der Waals surface area contributed by atoms with Gasteiger partial charge in [0, 0.05) is 30.1 Å². The van der Waals surface area contributed by atoms with Crippen molar-refractivity contribution in [3.05, 3.63) is 77.1 Å². The van der Waals surface area contributed by atoms with Crippen LogP contribution in [-0.2, 0) is 6.54 Å². The van der Waals surface area contributed by atoms with Gasteiger partial charge in [0.2, 0.25) is 0 Å². The Morgan fingerprint density at radius 3 is 2.48 bits per heavy atom. The fourth-order valence-electron chi connectivity index (χ4n) is 3.29. The second-order valence-electron chi connectivity index (χ2n) is 7.22. The highest BCUT2D eigenvalue weighted by Crippen LogP contribution is 2.38. The number of aromatic nitrogens is 2. The van der Waals surface area contributed by atoms with Crippen molar-refractivity contribution in [2.75, 3.05) is 19.1 Å². The third-order valence-corrected chi connectivity index (χ3v) is 6.22. The molecule has 0 N–H and O–H groups in total. The van der Waals surface area contributed by atoms with Crippen LogP contribution in [0.15, 0.2) is 54.9 Å². The van der Waals surface area contributed by atoms with Gasteiger partial charge < -0.3 is 9.47 Å². The van der Waals surface area contributed by atoms with E-state index in [1.807, 2.05) is 56.3 Å². The summed E-state index contributed by atoms with van der Waals surface area (Å²) in [5.74, 6) is 1.13. The van der Waals surface area contributed by atoms with E-state index in [9.17, 15) is 4.79 Å². The van der Waals surface area contributed by atoms with Gasteiger partial charge in [-0.2, -0.15) is 0 Å². The molecule has 4 aromatic rings. The fraction of sp³-hybridized carbons (Fsp3) is 0.208. The van der Waals surface area contributed by atoms with Crippen LogP contribution in [0.3, 0.4) is 0 Å². The summed E-state index contributed by atoms with van der Waals surface area (Å²) in [6.45, 7) is 4.41. The number of thiazole rings is 1. The molecule has 0 saturated heterocycles. The van der Waals surface area contributed by atoms with Crippen molar-refractivity contribution in [1.29, 1.82) is 0 Å². The van der Waals surface area contributed by atoms with E-state index in [0.29, 0.717) is 28.7 Å². The summed E-state index contributed by atoms with van der Waals surface area (Å²) in [4.78, 5) is 24.2. The molecule has 158 valence electrons. The molecular weight excluding hydrogens is 410 g/mol. The van der Waals surface area contributed by atoms with Crippen LogP contribution in [0.5, 0.6) is 11.5 Å². The third kappa shape index (κ3) is 4.22. The summed E-state index contributed by atoms with van der Waals surface area (Å²) in [6.07, 6.45) is 3.48. The molecule has 0 aliphatic rings. The fourth-order valence-corrected chi connectivity index (χ4v) is 4.26. The molecule has 0 bridgehead atoms. The Bertz CT molecular complexity index is 1200. The molecule has 0 spiro atoms. The van der Waals surface area contributed by atoms with Gasteiger partial charge in [0.05, 0.1) is 31.0 Å². The van der Waals surface area contributed by atoms with Crippen molar-refractivity contribution in [3.63, 3.8) is 0 Å². The predicted molar refractivity (Wildman–Crippen MR) is 123 cm³/mol. The van der Waals surface area contributed by atoms with Crippen molar-refractivity contribution in [1.82, 2.24) is 9.97 Å². The van der Waals surface area contributed by atoms with Crippen LogP contribution >= 0.6 is 11.3 Å². The minimum atomic E-state index is -0.107. The van der Waals surface area contributed by atoms with Gasteiger partial charge in [-0.1, -0.05) is 23.5 Å². The lowest BCUT2D eigenvalue weighted by Crippen LogP contribution is -2.30. The summed E-state index contributed by atoms with van der Waals surface area (Å²) in [5.41, 5.74) is 4.53. The summed E-state index contributed by atoms with van der Waals surface area (Å²) in [5, 5.41) is 0.609. The highest BCUT2D eigenvalue weighted by Gasteiger charge is 2.23. The predicted octanol–water partition coefficient (Wildman–Crippen LogP) is 5.17. The van der Waals surface area contributed by atoms with Crippen LogP contribution in [0, 0.1) is 13.8 Å². The van der Waals surface area contributed by atoms with E-state index < -0.39 is 0 Å². The number of amides is 1. The average molecular weight is 434 g/mol. The number of carbonyl (C=O) groups excluding carboxylic acids is 1. The Morgan fingerprint density at radius 1 is 1.03 bits per heavy atom. The number of aryl methyl sites for hydroxylation is 2. The molecular formula is C24H23N3O3S. The van der Waals surface area contributed by atoms with Crippen molar-refractivity contribution in [3.8, 4) is 11.5 Å². The van der Waals surface area contributed by atoms with Crippen LogP contribution in [0.1, 0.15) is 27.0 Å². The number of benzene rings is 2. The molecule has 0 fully saturated rings. The minimum absolute atomic E-state index is 0.107. The van der Waals surface area contributed by atoms with Gasteiger partial charge in [-0.25, -0.2) is 4.98 Å². The Hall–Kier alpha value is -3.45. The number of ether oxygens (including phenoxy) is 2. The standard InChI is InChI=1S/C24H23N3O3S/c1-15-7-8-18(10-16(15)2)23(28)27(14-17-6-5-9-25-13-17)24-26-19-11-20(29-3)21(30-4)12-22(19)31-24/h5-13H,14H2,1-4H3. The van der Waals surface area contributed by atoms with Crippen molar-refractivity contribution < 1.29 is 14.3 Å². The zero-order valence-electron chi connectivity index (χ0n) is 17.9. The molecule has 0 aliphatic carbocycles. The number of pyridine rings is 1. The Balaban J connectivity index is 1.79. The average Bonchev–Trinajstić information content (AvgIpc) is 3.21. The molecule has 0 radical (unpaired) electrons. The topological polar surface area (TPSA) is 64.5 Å². The lowest BCUT2D eigenvalue weighted by Gasteiger charge is -2.20. The number of hydrogen-bond donors (Lipinski definition) is 0. The maximum atomic E-state index is 13.6. The summed E-state index contributed by atoms with van der Waals surface area (Å²) >= 11 is 1.44. The maximum Gasteiger partial charge on any atom is 0.260 e. The van der Waals surface area contributed by atoms with Gasteiger partial charge >= 0.3 is 0 Å². The number of methoxy groups -OCH3 is 2. The van der Waals surface area contributed by atoms with Crippen molar-refractivity contribution >= 4 is 32.6 Å². The molecule has 4 rings (SSSR count). The zero-order valence-corrected chi connectivity index (χ0v) is 18.7. The van der Waals surface area contributed by atoms with E-state index in [4.69, 9.17) is 14.5 Å². The van der Waals surface area contributed by atoms with E-state index in [2.05, 4.69) is 4.98 Å². The quantitative estimate of drug-likeness (QED) is 0.420. The molecule has 0 saturated carbocycles. The first-order valence-electron chi connectivity index (χ1n) is 9.80. The number of carbonyl (C=O) groups is 1. The number of fused-ring (bicyclic) bond motifs is 1. The van der Waals surface area contributed by atoms with Gasteiger partial charge in [-0.05, 0) is 48.7 Å². The van der Waals surface area contributed by atoms with Crippen LogP contribution < -0.4 is 14.4 Å². The molecule has 0 unspecified atom stereocenters. The highest BCUT2D eigenvalue weighted by atomic mass is 32.1. The van der Waals surface area contributed by atoms with Crippen molar-refractivity contribution in [2.45, 2.75) is 20.4 Å². The number of nitrogens with zero attached hydrogens (tertiary/aromatic N) is 3. The van der Waals surface area contributed by atoms with Gasteiger partial charge in [0.1, 0.15) is 0 Å². The van der Waals surface area contributed by atoms with Crippen molar-refractivity contribution in [2.24, 2.45) is 0 Å². The zero-order chi connectivity index (χ0) is 22.0. The monoisotopic (exact) mass is 433 g/mol. The van der Waals surface area contributed by atoms with E-state index >= 15 is 0 Å². The molecule has 31 heavy (non-hydrogen) atoms. The normalized spacial score (nSPS) is 10.8. The largest absolute Gasteiger partial charge is 0.493 e. The maximum absolute atomic E-state index is 13.6. The molecule has 7 heteroatoms. The first-order chi connectivity index (χ1) is 15.0. The third-order valence-electron chi connectivity index (χ3n) is 5.18. The molecule has 2 aromatic carbocycles. The first-order valence-corrected chi connectivity index (χ1v) is 10.6. The van der Waals surface area contributed by atoms with E-state index in [1.165, 1.54) is 11.3 Å². The van der Waals surface area contributed by atoms with Gasteiger partial charge in [-0.3, -0.25) is 14.7 Å². The summed E-state index contributed by atoms with van der Waals surface area (Å²) in [7, 11) is 3.19. The van der Waals surface area contributed by atoms with Gasteiger partial charge in [0.25, 0.3) is 5.91 Å². The first kappa shape index (κ1) is 20.8. The SMILES string of the molecule is COc1cc2nc(N(Cc3cccnc3)C(=O)c3ccc(C)c(C)c3)sc2cc1OC. The van der Waals surface area contributed by atoms with E-state index in [-0.39, 0.29) is 5.91 Å². The lowest BCUT2D eigenvalue weighted by atomic mass is 10.1. The van der Waals surface area contributed by atoms with Crippen LogP contribution in [-0.4, -0.2) is 30.1 Å². The molecule has 1 amide bonds. The van der Waals surface area contributed by atoms with E-state index in [0.717, 1.165) is 26.9 Å². The number of anilines is 1. The van der Waals surface area contributed by atoms with Crippen LogP contribution in [0.25, 0.3) is 10.2 Å². The lowest BCUT2D eigenvalue weighted by molar-refractivity contribution is 0.0985. The molecule has 2 heterocycles. The number of rotatable bonds is 6. The highest BCUT2D eigenvalue weighted by molar-refractivity contribution is 7.22.